The van der Waals surface area contributed by atoms with Gasteiger partial charge in [0.25, 0.3) is 0 Å². The summed E-state index contributed by atoms with van der Waals surface area (Å²) >= 11 is 5.05. The van der Waals surface area contributed by atoms with Gasteiger partial charge in [-0.3, -0.25) is 4.79 Å². The highest BCUT2D eigenvalue weighted by Crippen LogP contribution is 2.22. The molecule has 0 unspecified atom stereocenters. The van der Waals surface area contributed by atoms with Crippen molar-refractivity contribution in [2.75, 3.05) is 6.54 Å². The van der Waals surface area contributed by atoms with Gasteiger partial charge < -0.3 is 5.32 Å². The van der Waals surface area contributed by atoms with Crippen LogP contribution in [0.5, 0.6) is 0 Å². The molecule has 1 aliphatic carbocycles. The largest absolute Gasteiger partial charge is 0.307 e. The molecule has 16 heavy (non-hydrogen) atoms. The quantitative estimate of drug-likeness (QED) is 0.905. The SMILES string of the molecule is O=C(CNC1CCCC1)Cc1ccc(Br)s1. The fourth-order valence-electron chi connectivity index (χ4n) is 2.09. The third kappa shape index (κ3) is 3.68. The lowest BCUT2D eigenvalue weighted by Gasteiger charge is -2.10. The number of hydrogen-bond acceptors (Lipinski definition) is 3. The summed E-state index contributed by atoms with van der Waals surface area (Å²) in [6.07, 6.45) is 5.65. The van der Waals surface area contributed by atoms with Crippen molar-refractivity contribution in [3.63, 3.8) is 0 Å². The van der Waals surface area contributed by atoms with E-state index in [2.05, 4.69) is 21.2 Å². The van der Waals surface area contributed by atoms with Gasteiger partial charge in [-0.1, -0.05) is 12.8 Å². The van der Waals surface area contributed by atoms with Crippen LogP contribution in [-0.4, -0.2) is 18.4 Å². The van der Waals surface area contributed by atoms with E-state index in [9.17, 15) is 4.79 Å². The Morgan fingerprint density at radius 2 is 2.19 bits per heavy atom. The first-order valence-corrected chi connectivity index (χ1v) is 7.34. The normalized spacial score (nSPS) is 16.8. The van der Waals surface area contributed by atoms with E-state index in [-0.39, 0.29) is 0 Å². The molecule has 1 aromatic heterocycles. The number of halogens is 1. The standard InChI is InChI=1S/C12H16BrNOS/c13-12-6-5-11(16-12)7-10(15)8-14-9-3-1-2-4-9/h5-6,9,14H,1-4,7-8H2. The van der Waals surface area contributed by atoms with Crippen molar-refractivity contribution in [1.82, 2.24) is 5.32 Å². The molecule has 0 radical (unpaired) electrons. The topological polar surface area (TPSA) is 29.1 Å². The van der Waals surface area contributed by atoms with E-state index in [1.54, 1.807) is 11.3 Å². The number of carbonyl (C=O) groups is 1. The van der Waals surface area contributed by atoms with Crippen LogP contribution in [0.1, 0.15) is 30.6 Å². The Labute approximate surface area is 109 Å². The second-order valence-electron chi connectivity index (χ2n) is 4.28. The molecule has 0 aromatic carbocycles. The average molecular weight is 302 g/mol. The van der Waals surface area contributed by atoms with Gasteiger partial charge in [-0.05, 0) is 40.9 Å². The molecule has 0 spiro atoms. The summed E-state index contributed by atoms with van der Waals surface area (Å²) < 4.78 is 1.10. The van der Waals surface area contributed by atoms with E-state index in [1.165, 1.54) is 25.7 Å². The molecule has 1 aromatic rings. The molecule has 1 heterocycles. The second-order valence-corrected chi connectivity index (χ2v) is 6.83. The van der Waals surface area contributed by atoms with E-state index in [4.69, 9.17) is 0 Å². The van der Waals surface area contributed by atoms with Gasteiger partial charge in [-0.2, -0.15) is 0 Å². The number of hydrogen-bond donors (Lipinski definition) is 1. The fraction of sp³-hybridized carbons (Fsp3) is 0.583. The van der Waals surface area contributed by atoms with E-state index in [0.29, 0.717) is 24.8 Å². The highest BCUT2D eigenvalue weighted by atomic mass is 79.9. The molecular formula is C12H16BrNOS. The van der Waals surface area contributed by atoms with Crippen LogP contribution >= 0.6 is 27.3 Å². The summed E-state index contributed by atoms with van der Waals surface area (Å²) in [5, 5.41) is 3.35. The summed E-state index contributed by atoms with van der Waals surface area (Å²) in [5.41, 5.74) is 0. The first kappa shape index (κ1) is 12.3. The molecule has 0 amide bonds. The predicted octanol–water partition coefficient (Wildman–Crippen LogP) is 3.15. The van der Waals surface area contributed by atoms with Gasteiger partial charge >= 0.3 is 0 Å². The number of thiophene rings is 1. The van der Waals surface area contributed by atoms with Crippen LogP contribution in [0.4, 0.5) is 0 Å². The first-order valence-electron chi connectivity index (χ1n) is 5.73. The molecule has 4 heteroatoms. The molecule has 0 saturated heterocycles. The molecule has 1 saturated carbocycles. The molecule has 1 aliphatic rings. The Kier molecular flexibility index (Phi) is 4.55. The van der Waals surface area contributed by atoms with Gasteiger partial charge in [0.15, 0.2) is 5.78 Å². The van der Waals surface area contributed by atoms with Crippen LogP contribution in [0.3, 0.4) is 0 Å². The molecular weight excluding hydrogens is 286 g/mol. The number of nitrogens with one attached hydrogen (secondary N) is 1. The summed E-state index contributed by atoms with van der Waals surface area (Å²) in [7, 11) is 0. The minimum Gasteiger partial charge on any atom is -0.307 e. The summed E-state index contributed by atoms with van der Waals surface area (Å²) in [6, 6.07) is 4.60. The highest BCUT2D eigenvalue weighted by molar-refractivity contribution is 9.11. The Morgan fingerprint density at radius 1 is 1.44 bits per heavy atom. The van der Waals surface area contributed by atoms with Gasteiger partial charge in [-0.15, -0.1) is 11.3 Å². The number of Topliss-reactive ketones (excluding diaryl/α,β-unsaturated/α-hetero) is 1. The maximum atomic E-state index is 11.7. The number of carbonyl (C=O) groups excluding carboxylic acids is 1. The van der Waals surface area contributed by atoms with E-state index < -0.39 is 0 Å². The average Bonchev–Trinajstić information content (AvgIpc) is 2.87. The predicted molar refractivity (Wildman–Crippen MR) is 71.0 cm³/mol. The Hall–Kier alpha value is -0.190. The minimum absolute atomic E-state index is 0.293. The van der Waals surface area contributed by atoms with Crippen molar-refractivity contribution in [3.8, 4) is 0 Å². The third-order valence-electron chi connectivity index (χ3n) is 2.94. The zero-order valence-electron chi connectivity index (χ0n) is 9.17. The lowest BCUT2D eigenvalue weighted by molar-refractivity contribution is -0.117. The van der Waals surface area contributed by atoms with Gasteiger partial charge in [-0.25, -0.2) is 0 Å². The van der Waals surface area contributed by atoms with Gasteiger partial charge in [0.2, 0.25) is 0 Å². The van der Waals surface area contributed by atoms with Crippen LogP contribution in [-0.2, 0) is 11.2 Å². The van der Waals surface area contributed by atoms with Crippen molar-refractivity contribution in [2.24, 2.45) is 0 Å². The van der Waals surface area contributed by atoms with Crippen molar-refractivity contribution < 1.29 is 4.79 Å². The molecule has 2 nitrogen and oxygen atoms in total. The molecule has 0 bridgehead atoms. The first-order chi connectivity index (χ1) is 7.74. The van der Waals surface area contributed by atoms with Gasteiger partial charge in [0.1, 0.15) is 0 Å². The van der Waals surface area contributed by atoms with Crippen LogP contribution in [0.25, 0.3) is 0 Å². The molecule has 88 valence electrons. The zero-order chi connectivity index (χ0) is 11.4. The summed E-state index contributed by atoms with van der Waals surface area (Å²) in [6.45, 7) is 0.528. The zero-order valence-corrected chi connectivity index (χ0v) is 11.6. The molecule has 1 N–H and O–H groups in total. The van der Waals surface area contributed by atoms with Gasteiger partial charge in [0, 0.05) is 17.3 Å². The molecule has 0 aliphatic heterocycles. The number of ketones is 1. The summed E-state index contributed by atoms with van der Waals surface area (Å²) in [4.78, 5) is 12.9. The van der Waals surface area contributed by atoms with Crippen molar-refractivity contribution in [3.05, 3.63) is 20.8 Å². The monoisotopic (exact) mass is 301 g/mol. The molecule has 0 atom stereocenters. The smallest absolute Gasteiger partial charge is 0.151 e. The van der Waals surface area contributed by atoms with Crippen molar-refractivity contribution >= 4 is 33.0 Å². The van der Waals surface area contributed by atoms with Crippen LogP contribution in [0.2, 0.25) is 0 Å². The van der Waals surface area contributed by atoms with Crippen molar-refractivity contribution in [2.45, 2.75) is 38.1 Å². The lowest BCUT2D eigenvalue weighted by atomic mass is 10.2. The Morgan fingerprint density at radius 3 is 2.81 bits per heavy atom. The second kappa shape index (κ2) is 5.94. The van der Waals surface area contributed by atoms with Crippen LogP contribution in [0.15, 0.2) is 15.9 Å². The number of rotatable bonds is 5. The minimum atomic E-state index is 0.293. The summed E-state index contributed by atoms with van der Waals surface area (Å²) in [5.74, 6) is 0.293. The maximum absolute atomic E-state index is 11.7. The van der Waals surface area contributed by atoms with Crippen LogP contribution in [0, 0.1) is 0 Å². The maximum Gasteiger partial charge on any atom is 0.151 e. The lowest BCUT2D eigenvalue weighted by Crippen LogP contribution is -2.32. The highest BCUT2D eigenvalue weighted by Gasteiger charge is 2.15. The van der Waals surface area contributed by atoms with E-state index in [1.807, 2.05) is 12.1 Å². The van der Waals surface area contributed by atoms with E-state index >= 15 is 0 Å². The Bertz CT molecular complexity index is 358. The van der Waals surface area contributed by atoms with E-state index in [0.717, 1.165) is 8.66 Å². The Balaban J connectivity index is 1.71. The third-order valence-corrected chi connectivity index (χ3v) is 4.57. The van der Waals surface area contributed by atoms with Crippen LogP contribution < -0.4 is 5.32 Å². The van der Waals surface area contributed by atoms with Gasteiger partial charge in [0.05, 0.1) is 10.3 Å². The van der Waals surface area contributed by atoms with Crippen molar-refractivity contribution in [1.29, 1.82) is 0 Å². The molecule has 1 fully saturated rings. The molecule has 2 rings (SSSR count). The fourth-order valence-corrected chi connectivity index (χ4v) is 3.60.